The van der Waals surface area contributed by atoms with Crippen molar-refractivity contribution >= 4 is 11.9 Å². The second kappa shape index (κ2) is 5.70. The number of rotatable bonds is 6. The molecule has 0 rings (SSSR count). The Hall–Kier alpha value is -1.10. The Labute approximate surface area is 90.7 Å². The summed E-state index contributed by atoms with van der Waals surface area (Å²) in [7, 11) is 6.15. The van der Waals surface area contributed by atoms with Gasteiger partial charge in [0.1, 0.15) is 6.04 Å². The lowest BCUT2D eigenvalue weighted by molar-refractivity contribution is -0.870. The molecule has 1 atom stereocenters. The van der Waals surface area contributed by atoms with E-state index in [2.05, 4.69) is 5.32 Å². The van der Waals surface area contributed by atoms with Gasteiger partial charge in [0.2, 0.25) is 5.91 Å². The van der Waals surface area contributed by atoms with Crippen molar-refractivity contribution in [1.29, 1.82) is 0 Å². The molecule has 0 unspecified atom stereocenters. The van der Waals surface area contributed by atoms with Crippen LogP contribution < -0.4 is 5.32 Å². The summed E-state index contributed by atoms with van der Waals surface area (Å²) in [5.41, 5.74) is 0. The van der Waals surface area contributed by atoms with Crippen molar-refractivity contribution in [3.8, 4) is 0 Å². The number of aliphatic carboxylic acids is 1. The van der Waals surface area contributed by atoms with E-state index in [1.807, 2.05) is 21.1 Å². The number of carbonyl (C=O) groups excluding carboxylic acids is 1. The zero-order valence-corrected chi connectivity index (χ0v) is 9.91. The maximum absolute atomic E-state index is 10.8. The molecule has 0 heterocycles. The van der Waals surface area contributed by atoms with Crippen LogP contribution >= 0.6 is 0 Å². The molecule has 0 aromatic carbocycles. The van der Waals surface area contributed by atoms with Crippen molar-refractivity contribution in [2.75, 3.05) is 27.7 Å². The van der Waals surface area contributed by atoms with Crippen LogP contribution in [0.3, 0.4) is 0 Å². The predicted octanol–water partition coefficient (Wildman–Crippen LogP) is 0.0621. The zero-order chi connectivity index (χ0) is 12.1. The van der Waals surface area contributed by atoms with Gasteiger partial charge in [0.25, 0.3) is 0 Å². The fourth-order valence-corrected chi connectivity index (χ4v) is 1.27. The normalized spacial score (nSPS) is 13.3. The molecule has 2 N–H and O–H groups in total. The van der Waals surface area contributed by atoms with Gasteiger partial charge in [0.15, 0.2) is 0 Å². The van der Waals surface area contributed by atoms with Crippen LogP contribution in [0.15, 0.2) is 0 Å². The molecule has 88 valence electrons. The first-order valence-corrected chi connectivity index (χ1v) is 5.03. The van der Waals surface area contributed by atoms with Crippen LogP contribution in [0.2, 0.25) is 0 Å². The highest BCUT2D eigenvalue weighted by molar-refractivity contribution is 5.81. The van der Waals surface area contributed by atoms with Crippen molar-refractivity contribution in [3.63, 3.8) is 0 Å². The van der Waals surface area contributed by atoms with Gasteiger partial charge in [0, 0.05) is 6.92 Å². The van der Waals surface area contributed by atoms with E-state index in [-0.39, 0.29) is 5.91 Å². The lowest BCUT2D eigenvalue weighted by Gasteiger charge is -2.24. The second-order valence-electron chi connectivity index (χ2n) is 4.75. The van der Waals surface area contributed by atoms with Crippen LogP contribution in [0.25, 0.3) is 0 Å². The van der Waals surface area contributed by atoms with Crippen LogP contribution in [-0.4, -0.2) is 55.2 Å². The molecule has 0 aromatic rings. The molecule has 0 aliphatic rings. The standard InChI is InChI=1S/C10H20N2O3/c1-8(13)11-9(10(14)15)6-5-7-12(2,3)4/h9H,5-7H2,1-4H3,(H-,11,13,14,15)/p+1/t9-/m0/s1. The minimum atomic E-state index is -0.966. The smallest absolute Gasteiger partial charge is 0.326 e. The quantitative estimate of drug-likeness (QED) is 0.618. The number of quaternary nitrogens is 1. The molecule has 0 saturated carbocycles. The molecular formula is C10H21N2O3+. The highest BCUT2D eigenvalue weighted by Gasteiger charge is 2.19. The van der Waals surface area contributed by atoms with Crippen molar-refractivity contribution in [3.05, 3.63) is 0 Å². The Balaban J connectivity index is 3.98. The van der Waals surface area contributed by atoms with E-state index >= 15 is 0 Å². The van der Waals surface area contributed by atoms with Gasteiger partial charge in [0.05, 0.1) is 27.7 Å². The molecule has 0 fully saturated rings. The number of amides is 1. The number of nitrogens with one attached hydrogen (secondary N) is 1. The lowest BCUT2D eigenvalue weighted by atomic mass is 10.1. The van der Waals surface area contributed by atoms with Gasteiger partial charge < -0.3 is 14.9 Å². The van der Waals surface area contributed by atoms with Crippen molar-refractivity contribution in [2.24, 2.45) is 0 Å². The lowest BCUT2D eigenvalue weighted by Crippen LogP contribution is -2.41. The maximum Gasteiger partial charge on any atom is 0.326 e. The molecule has 0 spiro atoms. The molecule has 0 aromatic heterocycles. The predicted molar refractivity (Wildman–Crippen MR) is 57.4 cm³/mol. The number of carbonyl (C=O) groups is 2. The summed E-state index contributed by atoms with van der Waals surface area (Å²) < 4.78 is 0.798. The van der Waals surface area contributed by atoms with Crippen LogP contribution in [0, 0.1) is 0 Å². The average Bonchev–Trinajstić information content (AvgIpc) is 1.99. The second-order valence-corrected chi connectivity index (χ2v) is 4.75. The summed E-state index contributed by atoms with van der Waals surface area (Å²) in [6, 6.07) is -0.756. The molecule has 0 aliphatic heterocycles. The molecular weight excluding hydrogens is 196 g/mol. The van der Waals surface area contributed by atoms with E-state index in [0.29, 0.717) is 6.42 Å². The highest BCUT2D eigenvalue weighted by Crippen LogP contribution is 2.02. The van der Waals surface area contributed by atoms with E-state index in [9.17, 15) is 9.59 Å². The van der Waals surface area contributed by atoms with Gasteiger partial charge in [-0.3, -0.25) is 4.79 Å². The van der Waals surface area contributed by atoms with E-state index < -0.39 is 12.0 Å². The van der Waals surface area contributed by atoms with E-state index in [0.717, 1.165) is 17.4 Å². The van der Waals surface area contributed by atoms with E-state index in [4.69, 9.17) is 5.11 Å². The molecule has 0 bridgehead atoms. The Morgan fingerprint density at radius 2 is 1.87 bits per heavy atom. The van der Waals surface area contributed by atoms with Gasteiger partial charge in [-0.25, -0.2) is 4.79 Å². The van der Waals surface area contributed by atoms with Gasteiger partial charge in [-0.05, 0) is 12.8 Å². The third-order valence-electron chi connectivity index (χ3n) is 2.00. The molecule has 5 nitrogen and oxygen atoms in total. The largest absolute Gasteiger partial charge is 0.480 e. The molecule has 1 amide bonds. The number of carboxylic acid groups (broad SMARTS) is 1. The number of hydrogen-bond acceptors (Lipinski definition) is 2. The maximum atomic E-state index is 10.8. The number of hydrogen-bond donors (Lipinski definition) is 2. The fourth-order valence-electron chi connectivity index (χ4n) is 1.27. The first-order chi connectivity index (χ1) is 6.72. The van der Waals surface area contributed by atoms with Crippen molar-refractivity contribution < 1.29 is 19.2 Å². The SMILES string of the molecule is CC(=O)N[C@@H](CCC[N+](C)(C)C)C(=O)O. The molecule has 0 aliphatic carbocycles. The van der Waals surface area contributed by atoms with Gasteiger partial charge >= 0.3 is 5.97 Å². The Morgan fingerprint density at radius 1 is 1.33 bits per heavy atom. The fraction of sp³-hybridized carbons (Fsp3) is 0.800. The van der Waals surface area contributed by atoms with Gasteiger partial charge in [-0.1, -0.05) is 0 Å². The van der Waals surface area contributed by atoms with Crippen LogP contribution in [0.4, 0.5) is 0 Å². The zero-order valence-electron chi connectivity index (χ0n) is 9.91. The average molecular weight is 217 g/mol. The molecule has 0 radical (unpaired) electrons. The summed E-state index contributed by atoms with van der Waals surface area (Å²) in [6.07, 6.45) is 1.26. The van der Waals surface area contributed by atoms with Crippen molar-refractivity contribution in [2.45, 2.75) is 25.8 Å². The molecule has 0 saturated heterocycles. The first-order valence-electron chi connectivity index (χ1n) is 5.03. The Morgan fingerprint density at radius 3 is 2.20 bits per heavy atom. The third-order valence-corrected chi connectivity index (χ3v) is 2.00. The number of carboxylic acids is 1. The number of nitrogens with zero attached hydrogens (tertiary/aromatic N) is 1. The van der Waals surface area contributed by atoms with Gasteiger partial charge in [-0.2, -0.15) is 0 Å². The molecule has 15 heavy (non-hydrogen) atoms. The summed E-state index contributed by atoms with van der Waals surface area (Å²) >= 11 is 0. The van der Waals surface area contributed by atoms with Crippen LogP contribution in [0.1, 0.15) is 19.8 Å². The third kappa shape index (κ3) is 7.93. The minimum absolute atomic E-state index is 0.298. The van der Waals surface area contributed by atoms with Crippen LogP contribution in [0.5, 0.6) is 0 Å². The van der Waals surface area contributed by atoms with Crippen molar-refractivity contribution in [1.82, 2.24) is 5.32 Å². The Kier molecular flexibility index (Phi) is 5.28. The monoisotopic (exact) mass is 217 g/mol. The van der Waals surface area contributed by atoms with Crippen LogP contribution in [-0.2, 0) is 9.59 Å². The summed E-state index contributed by atoms with van der Waals surface area (Å²) in [6.45, 7) is 2.22. The summed E-state index contributed by atoms with van der Waals surface area (Å²) in [4.78, 5) is 21.5. The first kappa shape index (κ1) is 13.9. The topological polar surface area (TPSA) is 66.4 Å². The Bertz CT molecular complexity index is 233. The summed E-state index contributed by atoms with van der Waals surface area (Å²) in [5.74, 6) is -1.26. The minimum Gasteiger partial charge on any atom is -0.480 e. The van der Waals surface area contributed by atoms with E-state index in [1.54, 1.807) is 0 Å². The van der Waals surface area contributed by atoms with Gasteiger partial charge in [-0.15, -0.1) is 0 Å². The molecule has 5 heteroatoms. The highest BCUT2D eigenvalue weighted by atomic mass is 16.4. The van der Waals surface area contributed by atoms with E-state index in [1.165, 1.54) is 6.92 Å². The summed E-state index contributed by atoms with van der Waals surface area (Å²) in [5, 5.41) is 11.3.